The van der Waals surface area contributed by atoms with E-state index in [9.17, 15) is 19.2 Å². The standard InChI is InChI=1S/C24H21NO6/c26-20-11-15(22-16-6-2-1-5-14(16)9-10-19(22)31-20)13-30-21(27)12-25-23(28)17-7-3-4-8-18(17)24(25)29/h1-2,5-6,9-11,17-18H,3-4,7-8,12-13H2/t17-,18+. The van der Waals surface area contributed by atoms with Crippen LogP contribution in [0, 0.1) is 11.8 Å². The molecule has 31 heavy (non-hydrogen) atoms. The van der Waals surface area contributed by atoms with E-state index in [1.807, 2.05) is 30.3 Å². The van der Waals surface area contributed by atoms with Crippen LogP contribution < -0.4 is 5.63 Å². The van der Waals surface area contributed by atoms with Gasteiger partial charge in [0.2, 0.25) is 11.8 Å². The Balaban J connectivity index is 1.37. The number of esters is 1. The summed E-state index contributed by atoms with van der Waals surface area (Å²) < 4.78 is 10.7. The van der Waals surface area contributed by atoms with E-state index in [-0.39, 0.29) is 30.3 Å². The van der Waals surface area contributed by atoms with E-state index in [4.69, 9.17) is 9.15 Å². The van der Waals surface area contributed by atoms with Gasteiger partial charge in [0.25, 0.3) is 0 Å². The Hall–Kier alpha value is -3.48. The van der Waals surface area contributed by atoms with Gasteiger partial charge in [-0.2, -0.15) is 0 Å². The number of hydrogen-bond donors (Lipinski definition) is 0. The van der Waals surface area contributed by atoms with Gasteiger partial charge in [-0.25, -0.2) is 4.79 Å². The number of benzene rings is 2. The lowest BCUT2D eigenvalue weighted by Crippen LogP contribution is -2.36. The van der Waals surface area contributed by atoms with Crippen molar-refractivity contribution in [3.05, 3.63) is 58.4 Å². The molecule has 2 aromatic carbocycles. The van der Waals surface area contributed by atoms with E-state index in [0.29, 0.717) is 29.4 Å². The number of rotatable bonds is 4. The Morgan fingerprint density at radius 2 is 1.71 bits per heavy atom. The second-order valence-electron chi connectivity index (χ2n) is 8.17. The summed E-state index contributed by atoms with van der Waals surface area (Å²) in [6, 6.07) is 12.5. The maximum absolute atomic E-state index is 12.6. The van der Waals surface area contributed by atoms with Crippen molar-refractivity contribution >= 4 is 39.5 Å². The summed E-state index contributed by atoms with van der Waals surface area (Å²) in [5.74, 6) is -1.83. The predicted octanol–water partition coefficient (Wildman–Crippen LogP) is 3.16. The van der Waals surface area contributed by atoms with Gasteiger partial charge in [0, 0.05) is 17.0 Å². The molecule has 158 valence electrons. The van der Waals surface area contributed by atoms with Gasteiger partial charge in [-0.1, -0.05) is 43.2 Å². The molecule has 0 spiro atoms. The minimum atomic E-state index is -0.679. The number of nitrogens with zero attached hydrogens (tertiary/aromatic N) is 1. The Morgan fingerprint density at radius 3 is 2.45 bits per heavy atom. The summed E-state index contributed by atoms with van der Waals surface area (Å²) in [5, 5.41) is 2.54. The minimum absolute atomic E-state index is 0.155. The SMILES string of the molecule is O=C(CN1C(=O)[C@H]2CCCC[C@H]2C1=O)OCc1cc(=O)oc2ccc3ccccc3c12. The van der Waals surface area contributed by atoms with Crippen molar-refractivity contribution in [3.8, 4) is 0 Å². The number of likely N-dealkylation sites (tertiary alicyclic amines) is 1. The van der Waals surface area contributed by atoms with Crippen molar-refractivity contribution in [2.45, 2.75) is 32.3 Å². The van der Waals surface area contributed by atoms with Crippen LogP contribution in [0.4, 0.5) is 0 Å². The molecule has 0 N–H and O–H groups in total. The zero-order valence-electron chi connectivity index (χ0n) is 16.8. The number of carbonyl (C=O) groups excluding carboxylic acids is 3. The second-order valence-corrected chi connectivity index (χ2v) is 8.17. The summed E-state index contributed by atoms with van der Waals surface area (Å²) in [6.07, 6.45) is 3.24. The molecule has 1 aliphatic carbocycles. The Bertz CT molecular complexity index is 1250. The monoisotopic (exact) mass is 419 g/mol. The van der Waals surface area contributed by atoms with Crippen molar-refractivity contribution in [1.29, 1.82) is 0 Å². The van der Waals surface area contributed by atoms with Gasteiger partial charge < -0.3 is 9.15 Å². The molecule has 2 atom stereocenters. The fourth-order valence-corrected chi connectivity index (χ4v) is 4.85. The first kappa shape index (κ1) is 19.5. The smallest absolute Gasteiger partial charge is 0.336 e. The summed E-state index contributed by atoms with van der Waals surface area (Å²) in [5.41, 5.74) is 0.387. The van der Waals surface area contributed by atoms with Gasteiger partial charge in [-0.15, -0.1) is 0 Å². The molecular weight excluding hydrogens is 398 g/mol. The van der Waals surface area contributed by atoms with Crippen LogP contribution >= 0.6 is 0 Å². The number of fused-ring (bicyclic) bond motifs is 4. The maximum atomic E-state index is 12.6. The highest BCUT2D eigenvalue weighted by Gasteiger charge is 2.48. The van der Waals surface area contributed by atoms with Gasteiger partial charge >= 0.3 is 11.6 Å². The molecule has 1 saturated heterocycles. The van der Waals surface area contributed by atoms with Crippen LogP contribution in [0.5, 0.6) is 0 Å². The normalized spacial score (nSPS) is 21.0. The minimum Gasteiger partial charge on any atom is -0.459 e. The topological polar surface area (TPSA) is 93.9 Å². The van der Waals surface area contributed by atoms with E-state index < -0.39 is 18.1 Å². The number of carbonyl (C=O) groups is 3. The molecule has 0 unspecified atom stereocenters. The zero-order valence-corrected chi connectivity index (χ0v) is 16.8. The van der Waals surface area contributed by atoms with E-state index in [0.717, 1.165) is 28.5 Å². The molecule has 1 aromatic heterocycles. The van der Waals surface area contributed by atoms with Crippen LogP contribution in [0.15, 0.2) is 51.7 Å². The van der Waals surface area contributed by atoms with Crippen LogP contribution in [0.25, 0.3) is 21.7 Å². The third-order valence-electron chi connectivity index (χ3n) is 6.32. The fraction of sp³-hybridized carbons (Fsp3) is 0.333. The zero-order chi connectivity index (χ0) is 21.5. The molecule has 5 rings (SSSR count). The maximum Gasteiger partial charge on any atom is 0.336 e. The second kappa shape index (κ2) is 7.65. The average molecular weight is 419 g/mol. The van der Waals surface area contributed by atoms with Gasteiger partial charge in [-0.05, 0) is 29.7 Å². The molecule has 2 amide bonds. The summed E-state index contributed by atoms with van der Waals surface area (Å²) in [7, 11) is 0. The third kappa shape index (κ3) is 3.40. The lowest BCUT2D eigenvalue weighted by atomic mass is 9.81. The molecule has 7 nitrogen and oxygen atoms in total. The molecule has 1 saturated carbocycles. The quantitative estimate of drug-likeness (QED) is 0.279. The van der Waals surface area contributed by atoms with Crippen molar-refractivity contribution in [2.75, 3.05) is 6.54 Å². The van der Waals surface area contributed by atoms with E-state index >= 15 is 0 Å². The highest BCUT2D eigenvalue weighted by Crippen LogP contribution is 2.38. The van der Waals surface area contributed by atoms with Crippen LogP contribution in [-0.2, 0) is 25.7 Å². The first-order chi connectivity index (χ1) is 15.0. The fourth-order valence-electron chi connectivity index (χ4n) is 4.85. The average Bonchev–Trinajstić information content (AvgIpc) is 3.02. The van der Waals surface area contributed by atoms with Gasteiger partial charge in [-0.3, -0.25) is 19.3 Å². The van der Waals surface area contributed by atoms with Crippen molar-refractivity contribution in [1.82, 2.24) is 4.90 Å². The van der Waals surface area contributed by atoms with E-state index in [2.05, 4.69) is 0 Å². The Labute approximate surface area is 177 Å². The largest absolute Gasteiger partial charge is 0.459 e. The molecular formula is C24H21NO6. The first-order valence-electron chi connectivity index (χ1n) is 10.5. The molecule has 2 heterocycles. The van der Waals surface area contributed by atoms with E-state index in [1.54, 1.807) is 6.07 Å². The highest BCUT2D eigenvalue weighted by molar-refractivity contribution is 6.08. The Morgan fingerprint density at radius 1 is 1.00 bits per heavy atom. The summed E-state index contributed by atoms with van der Waals surface area (Å²) >= 11 is 0. The number of hydrogen-bond acceptors (Lipinski definition) is 6. The molecule has 0 bridgehead atoms. The van der Waals surface area contributed by atoms with Crippen molar-refractivity contribution < 1.29 is 23.5 Å². The van der Waals surface area contributed by atoms with Crippen LogP contribution in [0.3, 0.4) is 0 Å². The van der Waals surface area contributed by atoms with Crippen molar-refractivity contribution in [2.24, 2.45) is 11.8 Å². The number of ether oxygens (including phenoxy) is 1. The summed E-state index contributed by atoms with van der Waals surface area (Å²) in [6.45, 7) is -0.553. The molecule has 7 heteroatoms. The highest BCUT2D eigenvalue weighted by atomic mass is 16.5. The lowest BCUT2D eigenvalue weighted by Gasteiger charge is -2.19. The molecule has 0 radical (unpaired) electrons. The summed E-state index contributed by atoms with van der Waals surface area (Å²) in [4.78, 5) is 50.6. The van der Waals surface area contributed by atoms with Crippen molar-refractivity contribution in [3.63, 3.8) is 0 Å². The number of imide groups is 1. The van der Waals surface area contributed by atoms with Gasteiger partial charge in [0.15, 0.2) is 0 Å². The van der Waals surface area contributed by atoms with Crippen LogP contribution in [0.2, 0.25) is 0 Å². The predicted molar refractivity (Wildman–Crippen MR) is 112 cm³/mol. The molecule has 2 fully saturated rings. The first-order valence-corrected chi connectivity index (χ1v) is 10.5. The van der Waals surface area contributed by atoms with Gasteiger partial charge in [0.1, 0.15) is 18.7 Å². The lowest BCUT2D eigenvalue weighted by molar-refractivity contribution is -0.153. The molecule has 2 aliphatic rings. The third-order valence-corrected chi connectivity index (χ3v) is 6.32. The number of amides is 2. The van der Waals surface area contributed by atoms with Crippen LogP contribution in [0.1, 0.15) is 31.2 Å². The Kier molecular flexibility index (Phi) is 4.81. The van der Waals surface area contributed by atoms with E-state index in [1.165, 1.54) is 6.07 Å². The molecule has 3 aromatic rings. The molecule has 1 aliphatic heterocycles. The van der Waals surface area contributed by atoms with Crippen LogP contribution in [-0.4, -0.2) is 29.2 Å². The van der Waals surface area contributed by atoms with Gasteiger partial charge in [0.05, 0.1) is 11.8 Å².